The highest BCUT2D eigenvalue weighted by atomic mass is 15.0. The molecule has 3 nitrogen and oxygen atoms in total. The highest BCUT2D eigenvalue weighted by Crippen LogP contribution is 2.44. The molecule has 0 radical (unpaired) electrons. The van der Waals surface area contributed by atoms with Crippen molar-refractivity contribution in [1.82, 2.24) is 9.13 Å². The molecule has 0 saturated heterocycles. The van der Waals surface area contributed by atoms with Crippen LogP contribution in [0, 0.1) is 11.3 Å². The fourth-order valence-corrected chi connectivity index (χ4v) is 7.55. The lowest BCUT2D eigenvalue weighted by molar-refractivity contribution is 0.650. The molecule has 0 spiro atoms. The Morgan fingerprint density at radius 1 is 0.543 bits per heavy atom. The van der Waals surface area contributed by atoms with Gasteiger partial charge in [0.15, 0.2) is 0 Å². The van der Waals surface area contributed by atoms with Crippen LogP contribution in [0.2, 0.25) is 0 Å². The molecule has 216 valence electrons. The quantitative estimate of drug-likeness (QED) is 0.202. The van der Waals surface area contributed by atoms with E-state index in [2.05, 4.69) is 155 Å². The van der Waals surface area contributed by atoms with Crippen LogP contribution < -0.4 is 0 Å². The first-order chi connectivity index (χ1) is 22.8. The van der Waals surface area contributed by atoms with Gasteiger partial charge >= 0.3 is 0 Å². The molecule has 3 heteroatoms. The van der Waals surface area contributed by atoms with Gasteiger partial charge in [0.2, 0.25) is 0 Å². The second-order valence-corrected chi connectivity index (χ2v) is 12.0. The maximum absolute atomic E-state index is 9.88. The predicted molar refractivity (Wildman–Crippen MR) is 191 cm³/mol. The number of fused-ring (bicyclic) bond motifs is 6. The highest BCUT2D eigenvalue weighted by molar-refractivity contribution is 6.18. The van der Waals surface area contributed by atoms with Crippen LogP contribution in [0.15, 0.2) is 158 Å². The zero-order chi connectivity index (χ0) is 30.6. The lowest BCUT2D eigenvalue weighted by Gasteiger charge is -2.23. The van der Waals surface area contributed by atoms with Crippen LogP contribution in [0.25, 0.3) is 66.0 Å². The van der Waals surface area contributed by atoms with E-state index in [0.717, 1.165) is 23.2 Å². The summed E-state index contributed by atoms with van der Waals surface area (Å²) < 4.78 is 4.96. The summed E-state index contributed by atoms with van der Waals surface area (Å²) in [5, 5.41) is 14.9. The van der Waals surface area contributed by atoms with Crippen molar-refractivity contribution < 1.29 is 0 Å². The molecule has 1 atom stereocenters. The van der Waals surface area contributed by atoms with Gasteiger partial charge in [0.25, 0.3) is 0 Å². The van der Waals surface area contributed by atoms with Gasteiger partial charge in [0.05, 0.1) is 34.2 Å². The summed E-state index contributed by atoms with van der Waals surface area (Å²) in [5.74, 6) is 0. The Balaban J connectivity index is 1.37. The third kappa shape index (κ3) is 3.91. The van der Waals surface area contributed by atoms with Crippen LogP contribution in [0.4, 0.5) is 0 Å². The Labute approximate surface area is 267 Å². The second kappa shape index (κ2) is 10.5. The molecule has 0 fully saturated rings. The first kappa shape index (κ1) is 26.3. The third-order valence-electron chi connectivity index (χ3n) is 9.47. The summed E-state index contributed by atoms with van der Waals surface area (Å²) in [7, 11) is 0. The van der Waals surface area contributed by atoms with Crippen molar-refractivity contribution in [2.45, 2.75) is 12.5 Å². The standard InChI is InChI=1S/C43H29N3/c44-28-30-13-4-5-18-33(30)29-14-10-17-32(27-29)46-41-26-9-7-20-35(41)37-22-12-24-39(43(37)46)38-23-11-21-36-34-19-6-8-25-40(34)45(42(36)38)31-15-2-1-3-16-31/h1-16,18-27,32H,17H2. The van der Waals surface area contributed by atoms with Crippen LogP contribution in [-0.4, -0.2) is 9.13 Å². The normalized spacial score (nSPS) is 14.7. The zero-order valence-corrected chi connectivity index (χ0v) is 25.1. The van der Waals surface area contributed by atoms with Crippen LogP contribution >= 0.6 is 0 Å². The molecule has 1 unspecified atom stereocenters. The zero-order valence-electron chi connectivity index (χ0n) is 25.1. The van der Waals surface area contributed by atoms with E-state index in [9.17, 15) is 5.26 Å². The predicted octanol–water partition coefficient (Wildman–Crippen LogP) is 11.0. The minimum absolute atomic E-state index is 0.0782. The fraction of sp³-hybridized carbons (Fsp3) is 0.0465. The third-order valence-corrected chi connectivity index (χ3v) is 9.47. The van der Waals surface area contributed by atoms with Gasteiger partial charge in [0.1, 0.15) is 0 Å². The second-order valence-electron chi connectivity index (χ2n) is 12.0. The number of nitrogens with zero attached hydrogens (tertiary/aromatic N) is 3. The maximum Gasteiger partial charge on any atom is 0.0998 e. The average Bonchev–Trinajstić information content (AvgIpc) is 3.65. The summed E-state index contributed by atoms with van der Waals surface area (Å²) >= 11 is 0. The molecule has 0 saturated carbocycles. The molecule has 2 aromatic heterocycles. The van der Waals surface area contributed by atoms with Crippen LogP contribution in [-0.2, 0) is 0 Å². The van der Waals surface area contributed by atoms with Crippen molar-refractivity contribution in [3.05, 3.63) is 169 Å². The molecule has 2 heterocycles. The van der Waals surface area contributed by atoms with E-state index in [0.29, 0.717) is 5.56 Å². The first-order valence-corrected chi connectivity index (χ1v) is 15.8. The van der Waals surface area contributed by atoms with E-state index in [4.69, 9.17) is 0 Å². The molecule has 9 rings (SSSR count). The topological polar surface area (TPSA) is 33.6 Å². The van der Waals surface area contributed by atoms with Gasteiger partial charge < -0.3 is 9.13 Å². The number of hydrogen-bond acceptors (Lipinski definition) is 1. The van der Waals surface area contributed by atoms with Crippen molar-refractivity contribution >= 4 is 49.2 Å². The largest absolute Gasteiger partial charge is 0.333 e. The van der Waals surface area contributed by atoms with Crippen molar-refractivity contribution in [3.8, 4) is 22.9 Å². The van der Waals surface area contributed by atoms with E-state index in [-0.39, 0.29) is 6.04 Å². The van der Waals surface area contributed by atoms with Gasteiger partial charge in [0, 0.05) is 43.9 Å². The molecular formula is C43H29N3. The summed E-state index contributed by atoms with van der Waals surface area (Å²) in [4.78, 5) is 0. The number of hydrogen-bond donors (Lipinski definition) is 0. The molecule has 0 N–H and O–H groups in total. The summed E-state index contributed by atoms with van der Waals surface area (Å²) in [6.07, 6.45) is 7.64. The van der Waals surface area contributed by atoms with Crippen LogP contribution in [0.5, 0.6) is 0 Å². The van der Waals surface area contributed by atoms with E-state index >= 15 is 0 Å². The van der Waals surface area contributed by atoms with Gasteiger partial charge in [-0.05, 0) is 47.9 Å². The molecule has 0 amide bonds. The molecule has 0 aliphatic heterocycles. The number of benzene rings is 6. The molecular weight excluding hydrogens is 558 g/mol. The van der Waals surface area contributed by atoms with Crippen molar-refractivity contribution in [1.29, 1.82) is 5.26 Å². The van der Waals surface area contributed by atoms with E-state index in [1.807, 2.05) is 18.2 Å². The van der Waals surface area contributed by atoms with Crippen molar-refractivity contribution in [2.24, 2.45) is 0 Å². The van der Waals surface area contributed by atoms with Crippen LogP contribution in [0.3, 0.4) is 0 Å². The Bertz CT molecular complexity index is 2570. The Morgan fingerprint density at radius 3 is 1.91 bits per heavy atom. The summed E-state index contributed by atoms with van der Waals surface area (Å²) in [5.41, 5.74) is 11.2. The summed E-state index contributed by atoms with van der Waals surface area (Å²) in [6, 6.07) is 52.0. The number of allylic oxidation sites excluding steroid dienone is 4. The Hall–Kier alpha value is -6.11. The number of nitriles is 1. The van der Waals surface area contributed by atoms with Crippen molar-refractivity contribution in [2.75, 3.05) is 0 Å². The number of aromatic nitrogens is 2. The van der Waals surface area contributed by atoms with Gasteiger partial charge in [-0.3, -0.25) is 0 Å². The molecule has 1 aliphatic rings. The van der Waals surface area contributed by atoms with E-state index in [1.165, 1.54) is 54.7 Å². The lowest BCUT2D eigenvalue weighted by Crippen LogP contribution is -2.09. The minimum atomic E-state index is 0.0782. The lowest BCUT2D eigenvalue weighted by atomic mass is 9.93. The first-order valence-electron chi connectivity index (χ1n) is 15.8. The number of rotatable bonds is 4. The summed E-state index contributed by atoms with van der Waals surface area (Å²) in [6.45, 7) is 0. The average molecular weight is 588 g/mol. The molecule has 8 aromatic rings. The van der Waals surface area contributed by atoms with Gasteiger partial charge in [-0.1, -0.05) is 127 Å². The molecule has 6 aromatic carbocycles. The number of para-hydroxylation sites is 5. The molecule has 0 bridgehead atoms. The smallest absolute Gasteiger partial charge is 0.0998 e. The van der Waals surface area contributed by atoms with Gasteiger partial charge in [-0.2, -0.15) is 5.26 Å². The van der Waals surface area contributed by atoms with Crippen LogP contribution in [0.1, 0.15) is 23.6 Å². The highest BCUT2D eigenvalue weighted by Gasteiger charge is 2.24. The Morgan fingerprint density at radius 2 is 1.13 bits per heavy atom. The van der Waals surface area contributed by atoms with Gasteiger partial charge in [-0.15, -0.1) is 0 Å². The van der Waals surface area contributed by atoms with Gasteiger partial charge in [-0.25, -0.2) is 0 Å². The molecule has 1 aliphatic carbocycles. The van der Waals surface area contributed by atoms with Crippen molar-refractivity contribution in [3.63, 3.8) is 0 Å². The Kier molecular flexibility index (Phi) is 6.01. The fourth-order valence-electron chi connectivity index (χ4n) is 7.55. The monoisotopic (exact) mass is 587 g/mol. The molecule has 46 heavy (non-hydrogen) atoms. The van der Waals surface area contributed by atoms with E-state index < -0.39 is 0 Å². The SMILES string of the molecule is N#Cc1ccccc1C1=CC(n2c3ccccc3c3cccc(-c4cccc5c6ccccc6n(-c6ccccc6)c45)c32)CC=C1. The maximum atomic E-state index is 9.88. The minimum Gasteiger partial charge on any atom is -0.333 e. The van der Waals surface area contributed by atoms with E-state index in [1.54, 1.807) is 0 Å².